The molecule has 25 heavy (non-hydrogen) atoms. The molecule has 2 aromatic carbocycles. The summed E-state index contributed by atoms with van der Waals surface area (Å²) in [5, 5.41) is 21.7. The van der Waals surface area contributed by atoms with Crippen LogP contribution in [-0.4, -0.2) is 26.5 Å². The molecule has 1 aliphatic carbocycles. The number of benzene rings is 2. The van der Waals surface area contributed by atoms with Crippen molar-refractivity contribution in [3.63, 3.8) is 0 Å². The Morgan fingerprint density at radius 3 is 2.60 bits per heavy atom. The van der Waals surface area contributed by atoms with Crippen molar-refractivity contribution in [2.24, 2.45) is 0 Å². The first-order valence-corrected chi connectivity index (χ1v) is 9.38. The third kappa shape index (κ3) is 3.39. The van der Waals surface area contributed by atoms with E-state index >= 15 is 0 Å². The van der Waals surface area contributed by atoms with Crippen LogP contribution in [0.25, 0.3) is 16.5 Å². The third-order valence-corrected chi connectivity index (χ3v) is 5.52. The Labute approximate surface area is 158 Å². The van der Waals surface area contributed by atoms with E-state index in [0.717, 1.165) is 22.8 Å². The van der Waals surface area contributed by atoms with Gasteiger partial charge in [0, 0.05) is 18.6 Å². The quantitative estimate of drug-likeness (QED) is 0.470. The molecule has 1 heterocycles. The fourth-order valence-electron chi connectivity index (χ4n) is 2.92. The van der Waals surface area contributed by atoms with E-state index in [9.17, 15) is 9.90 Å². The molecule has 1 aliphatic rings. The van der Waals surface area contributed by atoms with Gasteiger partial charge in [0.25, 0.3) is 0 Å². The minimum absolute atomic E-state index is 0. The van der Waals surface area contributed by atoms with Crippen molar-refractivity contribution in [3.8, 4) is 5.69 Å². The van der Waals surface area contributed by atoms with Crippen molar-refractivity contribution < 1.29 is 9.90 Å². The molecule has 0 radical (unpaired) electrons. The van der Waals surface area contributed by atoms with Gasteiger partial charge in [0.15, 0.2) is 5.16 Å². The van der Waals surface area contributed by atoms with Crippen LogP contribution in [0, 0.1) is 7.43 Å². The molecule has 0 aliphatic heterocycles. The molecule has 3 aromatic rings. The molecule has 1 fully saturated rings. The molecular weight excluding hydrogens is 402 g/mol. The Morgan fingerprint density at radius 2 is 1.92 bits per heavy atom. The second kappa shape index (κ2) is 7.09. The maximum Gasteiger partial charge on any atom is 0.205 e. The first kappa shape index (κ1) is 17.8. The second-order valence-corrected chi connectivity index (χ2v) is 7.39. The molecule has 0 spiro atoms. The number of hydrogen-bond acceptors (Lipinski definition) is 5. The van der Waals surface area contributed by atoms with E-state index in [1.54, 1.807) is 0 Å². The predicted molar refractivity (Wildman–Crippen MR) is 101 cm³/mol. The average Bonchev–Trinajstić information content (AvgIpc) is 3.35. The van der Waals surface area contributed by atoms with E-state index in [1.165, 1.54) is 23.8 Å². The van der Waals surface area contributed by atoms with Crippen molar-refractivity contribution in [1.82, 2.24) is 14.8 Å². The van der Waals surface area contributed by atoms with Gasteiger partial charge in [-0.15, -0.1) is 10.2 Å². The normalized spacial score (nSPS) is 13.6. The number of halogens is 1. The Morgan fingerprint density at radius 1 is 1.20 bits per heavy atom. The highest BCUT2D eigenvalue weighted by atomic mass is 79.9. The van der Waals surface area contributed by atoms with Gasteiger partial charge in [-0.1, -0.05) is 42.1 Å². The first-order valence-electron chi connectivity index (χ1n) is 7.60. The van der Waals surface area contributed by atoms with Gasteiger partial charge in [-0.05, 0) is 51.7 Å². The lowest BCUT2D eigenvalue weighted by molar-refractivity contribution is -0.301. The Balaban J connectivity index is 0.00000182. The number of fused-ring (bicyclic) bond motifs is 1. The number of thioether (sulfide) groups is 1. The topological polar surface area (TPSA) is 70.8 Å². The third-order valence-electron chi connectivity index (χ3n) is 4.11. The number of rotatable bonds is 5. The summed E-state index contributed by atoms with van der Waals surface area (Å²) in [5.41, 5.74) is 2.32. The number of carboxylic acids is 1. The number of hydrogen-bond donors (Lipinski definition) is 0. The van der Waals surface area contributed by atoms with E-state index in [-0.39, 0.29) is 13.2 Å². The number of nitrogens with zero attached hydrogens (tertiary/aromatic N) is 3. The zero-order chi connectivity index (χ0) is 16.7. The minimum atomic E-state index is -1.13. The molecule has 1 saturated carbocycles. The van der Waals surface area contributed by atoms with Crippen LogP contribution in [0.15, 0.2) is 46.3 Å². The average molecular weight is 418 g/mol. The van der Waals surface area contributed by atoms with E-state index in [2.05, 4.69) is 50.4 Å². The molecule has 0 unspecified atom stereocenters. The number of carboxylic acid groups (broad SMARTS) is 1. The molecule has 0 saturated heterocycles. The first-order chi connectivity index (χ1) is 11.6. The largest absolute Gasteiger partial charge is 0.549 e. The second-order valence-electron chi connectivity index (χ2n) is 5.74. The smallest absolute Gasteiger partial charge is 0.205 e. The SMILES string of the molecule is O=C([O-])CSc1nnc(Br)n1-c1ccc(C2CC2)c2ccccc12.[CH3+]. The number of aromatic nitrogens is 3. The van der Waals surface area contributed by atoms with Crippen LogP contribution in [0.3, 0.4) is 0 Å². The summed E-state index contributed by atoms with van der Waals surface area (Å²) in [6, 6.07) is 12.5. The van der Waals surface area contributed by atoms with Crippen molar-refractivity contribution in [2.75, 3.05) is 5.75 Å². The molecule has 0 amide bonds. The Hall–Kier alpha value is -1.99. The molecule has 7 heteroatoms. The predicted octanol–water partition coefficient (Wildman–Crippen LogP) is 3.35. The van der Waals surface area contributed by atoms with Crippen molar-refractivity contribution in [1.29, 1.82) is 0 Å². The molecule has 0 atom stereocenters. The maximum atomic E-state index is 10.8. The van der Waals surface area contributed by atoms with Gasteiger partial charge in [0.2, 0.25) is 4.73 Å². The van der Waals surface area contributed by atoms with Crippen LogP contribution in [0.2, 0.25) is 0 Å². The summed E-state index contributed by atoms with van der Waals surface area (Å²) in [7, 11) is 0. The lowest BCUT2D eigenvalue weighted by atomic mass is 9.99. The highest BCUT2D eigenvalue weighted by Crippen LogP contribution is 2.44. The monoisotopic (exact) mass is 417 g/mol. The van der Waals surface area contributed by atoms with Crippen LogP contribution in [-0.2, 0) is 4.79 Å². The van der Waals surface area contributed by atoms with Crippen LogP contribution in [0.4, 0.5) is 0 Å². The highest BCUT2D eigenvalue weighted by Gasteiger charge is 2.26. The summed E-state index contributed by atoms with van der Waals surface area (Å²) in [6.07, 6.45) is 2.48. The lowest BCUT2D eigenvalue weighted by Crippen LogP contribution is -2.24. The zero-order valence-electron chi connectivity index (χ0n) is 13.6. The fourth-order valence-corrected chi connectivity index (χ4v) is 4.14. The molecule has 0 bridgehead atoms. The Kier molecular flexibility index (Phi) is 5.06. The number of carbonyl (C=O) groups is 1. The summed E-state index contributed by atoms with van der Waals surface area (Å²) in [4.78, 5) is 10.8. The molecule has 5 nitrogen and oxygen atoms in total. The maximum absolute atomic E-state index is 10.8. The van der Waals surface area contributed by atoms with Gasteiger partial charge in [-0.2, -0.15) is 0 Å². The summed E-state index contributed by atoms with van der Waals surface area (Å²) in [5.74, 6) is -0.636. The van der Waals surface area contributed by atoms with Gasteiger partial charge in [-0.25, -0.2) is 0 Å². The van der Waals surface area contributed by atoms with E-state index in [4.69, 9.17) is 0 Å². The summed E-state index contributed by atoms with van der Waals surface area (Å²) < 4.78 is 2.39. The fraction of sp³-hybridized carbons (Fsp3) is 0.222. The lowest BCUT2D eigenvalue weighted by Gasteiger charge is -2.14. The van der Waals surface area contributed by atoms with Crippen molar-refractivity contribution >= 4 is 44.4 Å². The van der Waals surface area contributed by atoms with Gasteiger partial charge in [0.05, 0.1) is 11.7 Å². The van der Waals surface area contributed by atoms with E-state index in [0.29, 0.717) is 15.8 Å². The van der Waals surface area contributed by atoms with Crippen LogP contribution in [0.5, 0.6) is 0 Å². The number of aliphatic carboxylic acids is 1. The minimum Gasteiger partial charge on any atom is -0.549 e. The van der Waals surface area contributed by atoms with Gasteiger partial charge in [0.1, 0.15) is 0 Å². The van der Waals surface area contributed by atoms with Gasteiger partial charge < -0.3 is 9.90 Å². The van der Waals surface area contributed by atoms with Gasteiger partial charge in [-0.3, -0.25) is 4.57 Å². The highest BCUT2D eigenvalue weighted by molar-refractivity contribution is 9.10. The van der Waals surface area contributed by atoms with Crippen molar-refractivity contribution in [3.05, 3.63) is 54.1 Å². The molecular formula is C18H16BrN3O2S. The van der Waals surface area contributed by atoms with Crippen LogP contribution >= 0.6 is 27.7 Å². The Bertz CT molecular complexity index is 937. The molecule has 0 N–H and O–H groups in total. The van der Waals surface area contributed by atoms with Crippen LogP contribution in [0.1, 0.15) is 24.3 Å². The van der Waals surface area contributed by atoms with Crippen molar-refractivity contribution in [2.45, 2.75) is 23.9 Å². The molecule has 1 aromatic heterocycles. The standard InChI is InChI=1S/C17H14BrN3O2S.CH3/c18-16-19-20-17(24-9-15(22)23)21(16)14-8-7-11(10-5-6-10)12-3-1-2-4-13(12)14;/h1-4,7-8,10H,5-6,9H2,(H,22,23);1H3/q;+1/p-1. The van der Waals surface area contributed by atoms with Gasteiger partial charge >= 0.3 is 0 Å². The van der Waals surface area contributed by atoms with E-state index < -0.39 is 5.97 Å². The van der Waals surface area contributed by atoms with E-state index in [1.807, 2.05) is 16.7 Å². The molecule has 128 valence electrons. The summed E-state index contributed by atoms with van der Waals surface area (Å²) >= 11 is 4.52. The summed E-state index contributed by atoms with van der Waals surface area (Å²) in [6.45, 7) is 0. The number of carbonyl (C=O) groups excluding carboxylic acids is 1. The molecule has 4 rings (SSSR count). The zero-order valence-corrected chi connectivity index (χ0v) is 16.0. The van der Waals surface area contributed by atoms with Crippen LogP contribution < -0.4 is 5.11 Å².